The lowest BCUT2D eigenvalue weighted by Gasteiger charge is -2.21. The smallest absolute Gasteiger partial charge is 0.257 e. The molecule has 0 saturated carbocycles. The molecule has 1 aromatic heterocycles. The summed E-state index contributed by atoms with van der Waals surface area (Å²) in [6, 6.07) is 5.32. The highest BCUT2D eigenvalue weighted by molar-refractivity contribution is 5.93. The summed E-state index contributed by atoms with van der Waals surface area (Å²) in [5.41, 5.74) is 0. The summed E-state index contributed by atoms with van der Waals surface area (Å²) < 4.78 is 10.4. The van der Waals surface area contributed by atoms with E-state index < -0.39 is 6.10 Å². The fourth-order valence-electron chi connectivity index (χ4n) is 1.28. The number of ether oxygens (including phenoxy) is 2. The lowest BCUT2D eigenvalue weighted by atomic mass is 10.3. The molecule has 0 radical (unpaired) electrons. The van der Waals surface area contributed by atoms with Crippen LogP contribution < -0.4 is 5.32 Å². The molecule has 1 amide bonds. The third-order valence-corrected chi connectivity index (χ3v) is 2.02. The van der Waals surface area contributed by atoms with Crippen LogP contribution in [0, 0.1) is 0 Å². The van der Waals surface area contributed by atoms with Gasteiger partial charge < -0.3 is 14.8 Å². The molecule has 2 rings (SSSR count). The molecular formula is C10H12N2O3. The number of amides is 1. The SMILES string of the molecule is O=C(Nc1ccccn1)[C@@H]1COCCO1. The highest BCUT2D eigenvalue weighted by Crippen LogP contribution is 2.05. The number of hydrogen-bond donors (Lipinski definition) is 1. The van der Waals surface area contributed by atoms with E-state index in [0.29, 0.717) is 25.6 Å². The fourth-order valence-corrected chi connectivity index (χ4v) is 1.28. The maximum atomic E-state index is 11.6. The minimum absolute atomic E-state index is 0.214. The van der Waals surface area contributed by atoms with E-state index in [2.05, 4.69) is 10.3 Å². The number of pyridine rings is 1. The first-order chi connectivity index (χ1) is 7.36. The van der Waals surface area contributed by atoms with Crippen molar-refractivity contribution in [3.63, 3.8) is 0 Å². The molecule has 80 valence electrons. The van der Waals surface area contributed by atoms with Crippen LogP contribution in [0.4, 0.5) is 5.82 Å². The quantitative estimate of drug-likeness (QED) is 0.765. The summed E-state index contributed by atoms with van der Waals surface area (Å²) in [6.07, 6.45) is 1.09. The van der Waals surface area contributed by atoms with Gasteiger partial charge in [-0.1, -0.05) is 6.07 Å². The van der Waals surface area contributed by atoms with Crippen LogP contribution in [-0.2, 0) is 14.3 Å². The van der Waals surface area contributed by atoms with Gasteiger partial charge in [0.25, 0.3) is 5.91 Å². The zero-order chi connectivity index (χ0) is 10.5. The van der Waals surface area contributed by atoms with Gasteiger partial charge in [-0.3, -0.25) is 4.79 Å². The first-order valence-electron chi connectivity index (χ1n) is 4.77. The highest BCUT2D eigenvalue weighted by Gasteiger charge is 2.22. The Balaban J connectivity index is 1.91. The van der Waals surface area contributed by atoms with Gasteiger partial charge in [0.05, 0.1) is 19.8 Å². The van der Waals surface area contributed by atoms with Crippen molar-refractivity contribution in [2.75, 3.05) is 25.1 Å². The van der Waals surface area contributed by atoms with E-state index in [9.17, 15) is 4.79 Å². The Morgan fingerprint density at radius 1 is 1.47 bits per heavy atom. The average Bonchev–Trinajstić information content (AvgIpc) is 2.31. The molecular weight excluding hydrogens is 196 g/mol. The molecule has 1 aliphatic heterocycles. The lowest BCUT2D eigenvalue weighted by Crippen LogP contribution is -2.39. The molecule has 0 aliphatic carbocycles. The Bertz CT molecular complexity index is 323. The summed E-state index contributed by atoms with van der Waals surface area (Å²) >= 11 is 0. The Labute approximate surface area is 87.4 Å². The first-order valence-corrected chi connectivity index (χ1v) is 4.77. The topological polar surface area (TPSA) is 60.5 Å². The van der Waals surface area contributed by atoms with Gasteiger partial charge in [-0.25, -0.2) is 4.98 Å². The molecule has 0 spiro atoms. The van der Waals surface area contributed by atoms with Crippen LogP contribution in [-0.4, -0.2) is 36.8 Å². The van der Waals surface area contributed by atoms with E-state index in [1.807, 2.05) is 0 Å². The molecule has 0 aromatic carbocycles. The molecule has 1 fully saturated rings. The molecule has 1 atom stereocenters. The summed E-state index contributed by atoms with van der Waals surface area (Å²) in [4.78, 5) is 15.6. The van der Waals surface area contributed by atoms with Gasteiger partial charge in [0.1, 0.15) is 5.82 Å². The first kappa shape index (κ1) is 10.1. The van der Waals surface area contributed by atoms with Crippen LogP contribution in [0.2, 0.25) is 0 Å². The van der Waals surface area contributed by atoms with Gasteiger partial charge in [0.2, 0.25) is 0 Å². The van der Waals surface area contributed by atoms with E-state index in [-0.39, 0.29) is 5.91 Å². The maximum absolute atomic E-state index is 11.6. The molecule has 15 heavy (non-hydrogen) atoms. The van der Waals surface area contributed by atoms with E-state index in [0.717, 1.165) is 0 Å². The van der Waals surface area contributed by atoms with Crippen LogP contribution in [0.3, 0.4) is 0 Å². The second kappa shape index (κ2) is 4.86. The second-order valence-corrected chi connectivity index (χ2v) is 3.14. The minimum Gasteiger partial charge on any atom is -0.376 e. The molecule has 1 N–H and O–H groups in total. The van der Waals surface area contributed by atoms with Crippen LogP contribution >= 0.6 is 0 Å². The molecule has 0 bridgehead atoms. The Morgan fingerprint density at radius 3 is 3.07 bits per heavy atom. The van der Waals surface area contributed by atoms with Crippen LogP contribution in [0.15, 0.2) is 24.4 Å². The van der Waals surface area contributed by atoms with Crippen molar-refractivity contribution in [3.05, 3.63) is 24.4 Å². The van der Waals surface area contributed by atoms with Crippen molar-refractivity contribution >= 4 is 11.7 Å². The normalized spacial score (nSPS) is 20.9. The second-order valence-electron chi connectivity index (χ2n) is 3.14. The summed E-state index contributed by atoms with van der Waals surface area (Å²) in [6.45, 7) is 1.31. The van der Waals surface area contributed by atoms with Crippen molar-refractivity contribution in [3.8, 4) is 0 Å². The third-order valence-electron chi connectivity index (χ3n) is 2.02. The predicted molar refractivity (Wildman–Crippen MR) is 53.4 cm³/mol. The number of nitrogens with one attached hydrogen (secondary N) is 1. The minimum atomic E-state index is -0.527. The molecule has 5 heteroatoms. The standard InChI is InChI=1S/C10H12N2O3/c13-10(8-7-14-5-6-15-8)12-9-3-1-2-4-11-9/h1-4,8H,5-7H2,(H,11,12,13)/t8-/m0/s1. The molecule has 1 saturated heterocycles. The molecule has 2 heterocycles. The van der Waals surface area contributed by atoms with Gasteiger partial charge in [-0.2, -0.15) is 0 Å². The van der Waals surface area contributed by atoms with Crippen molar-refractivity contribution < 1.29 is 14.3 Å². The molecule has 5 nitrogen and oxygen atoms in total. The van der Waals surface area contributed by atoms with Crippen molar-refractivity contribution in [1.82, 2.24) is 4.98 Å². The Kier molecular flexibility index (Phi) is 3.26. The van der Waals surface area contributed by atoms with Gasteiger partial charge >= 0.3 is 0 Å². The van der Waals surface area contributed by atoms with Gasteiger partial charge in [-0.15, -0.1) is 0 Å². The molecule has 1 aliphatic rings. The summed E-state index contributed by atoms with van der Waals surface area (Å²) in [5, 5.41) is 2.66. The maximum Gasteiger partial charge on any atom is 0.257 e. The number of anilines is 1. The van der Waals surface area contributed by atoms with E-state index >= 15 is 0 Å². The number of carbonyl (C=O) groups excluding carboxylic acids is 1. The fraction of sp³-hybridized carbons (Fsp3) is 0.400. The van der Waals surface area contributed by atoms with Crippen LogP contribution in [0.25, 0.3) is 0 Å². The lowest BCUT2D eigenvalue weighted by molar-refractivity contribution is -0.142. The number of rotatable bonds is 2. The zero-order valence-electron chi connectivity index (χ0n) is 8.18. The van der Waals surface area contributed by atoms with Gasteiger partial charge in [-0.05, 0) is 12.1 Å². The third kappa shape index (κ3) is 2.74. The Hall–Kier alpha value is -1.46. The number of aromatic nitrogens is 1. The summed E-state index contributed by atoms with van der Waals surface area (Å²) in [5.74, 6) is 0.310. The van der Waals surface area contributed by atoms with Crippen molar-refractivity contribution in [1.29, 1.82) is 0 Å². The largest absolute Gasteiger partial charge is 0.376 e. The van der Waals surface area contributed by atoms with E-state index in [4.69, 9.17) is 9.47 Å². The van der Waals surface area contributed by atoms with Gasteiger partial charge in [0.15, 0.2) is 6.10 Å². The number of nitrogens with zero attached hydrogens (tertiary/aromatic N) is 1. The Morgan fingerprint density at radius 2 is 2.40 bits per heavy atom. The zero-order valence-corrected chi connectivity index (χ0v) is 8.18. The average molecular weight is 208 g/mol. The summed E-state index contributed by atoms with van der Waals surface area (Å²) in [7, 11) is 0. The number of hydrogen-bond acceptors (Lipinski definition) is 4. The predicted octanol–water partition coefficient (Wildman–Crippen LogP) is 0.435. The van der Waals surface area contributed by atoms with Crippen LogP contribution in [0.5, 0.6) is 0 Å². The van der Waals surface area contributed by atoms with Gasteiger partial charge in [0, 0.05) is 6.20 Å². The van der Waals surface area contributed by atoms with Crippen molar-refractivity contribution in [2.45, 2.75) is 6.10 Å². The van der Waals surface area contributed by atoms with Crippen LogP contribution in [0.1, 0.15) is 0 Å². The van der Waals surface area contributed by atoms with Crippen molar-refractivity contribution in [2.24, 2.45) is 0 Å². The van der Waals surface area contributed by atoms with E-state index in [1.54, 1.807) is 24.4 Å². The van der Waals surface area contributed by atoms with E-state index in [1.165, 1.54) is 0 Å². The molecule has 0 unspecified atom stereocenters. The molecule has 1 aromatic rings. The highest BCUT2D eigenvalue weighted by atomic mass is 16.6. The number of carbonyl (C=O) groups is 1. The monoisotopic (exact) mass is 208 g/mol.